The number of carbonyl (C=O) groups excluding carboxylic acids is 1. The lowest BCUT2D eigenvalue weighted by atomic mass is 9.80. The minimum Gasteiger partial charge on any atom is -0.508 e. The third-order valence-electron chi connectivity index (χ3n) is 4.75. The summed E-state index contributed by atoms with van der Waals surface area (Å²) in [5.41, 5.74) is 2.55. The van der Waals surface area contributed by atoms with Crippen LogP contribution in [0.15, 0.2) is 36.4 Å². The number of nitrogens with one attached hydrogen (secondary N) is 1. The molecule has 23 heavy (non-hydrogen) atoms. The minimum atomic E-state index is -0.243. The highest BCUT2D eigenvalue weighted by Gasteiger charge is 2.30. The lowest BCUT2D eigenvalue weighted by molar-refractivity contribution is 0.0918. The molecule has 0 aromatic heterocycles. The standard InChI is InChI=1S/C19H20FNO2/c1-11-9-10-14-15(6-3-7-16(14)20)18(11)21-19(23)13-5-4-8-17(22)12(13)2/h3-8,11,18,22H,9-10H2,1-2H3,(H,21,23). The Kier molecular flexibility index (Phi) is 4.07. The predicted octanol–water partition coefficient (Wildman–Crippen LogP) is 3.89. The first kappa shape index (κ1) is 15.5. The van der Waals surface area contributed by atoms with Crippen LogP contribution in [0.1, 0.15) is 46.4 Å². The molecule has 0 spiro atoms. The van der Waals surface area contributed by atoms with Crippen LogP contribution in [0.4, 0.5) is 4.39 Å². The van der Waals surface area contributed by atoms with Crippen molar-refractivity contribution in [2.75, 3.05) is 0 Å². The zero-order chi connectivity index (χ0) is 16.6. The Morgan fingerprint density at radius 3 is 2.78 bits per heavy atom. The normalized spacial score (nSPS) is 20.0. The van der Waals surface area contributed by atoms with Gasteiger partial charge >= 0.3 is 0 Å². The third-order valence-corrected chi connectivity index (χ3v) is 4.75. The Morgan fingerprint density at radius 1 is 1.26 bits per heavy atom. The molecular formula is C19H20FNO2. The first-order valence-electron chi connectivity index (χ1n) is 7.85. The molecule has 0 heterocycles. The number of hydrogen-bond acceptors (Lipinski definition) is 2. The summed E-state index contributed by atoms with van der Waals surface area (Å²) in [5, 5.41) is 12.8. The highest BCUT2D eigenvalue weighted by Crippen LogP contribution is 2.35. The van der Waals surface area contributed by atoms with Crippen LogP contribution in [-0.2, 0) is 6.42 Å². The molecule has 2 aromatic carbocycles. The van der Waals surface area contributed by atoms with Crippen LogP contribution >= 0.6 is 0 Å². The van der Waals surface area contributed by atoms with Gasteiger partial charge in [-0.3, -0.25) is 4.79 Å². The number of hydrogen-bond donors (Lipinski definition) is 2. The van der Waals surface area contributed by atoms with Crippen molar-refractivity contribution in [1.82, 2.24) is 5.32 Å². The average molecular weight is 313 g/mol. The first-order valence-corrected chi connectivity index (χ1v) is 7.85. The van der Waals surface area contributed by atoms with Crippen molar-refractivity contribution in [2.24, 2.45) is 5.92 Å². The van der Waals surface area contributed by atoms with E-state index in [0.29, 0.717) is 23.1 Å². The number of phenols is 1. The number of carbonyl (C=O) groups is 1. The summed E-state index contributed by atoms with van der Waals surface area (Å²) in [6, 6.07) is 9.70. The summed E-state index contributed by atoms with van der Waals surface area (Å²) in [5.74, 6) is -0.124. The van der Waals surface area contributed by atoms with Gasteiger partial charge in [0.15, 0.2) is 0 Å². The van der Waals surface area contributed by atoms with Crippen LogP contribution in [-0.4, -0.2) is 11.0 Å². The lowest BCUT2D eigenvalue weighted by Gasteiger charge is -2.32. The monoisotopic (exact) mass is 313 g/mol. The molecule has 0 saturated heterocycles. The molecule has 4 heteroatoms. The minimum absolute atomic E-state index is 0.0980. The lowest BCUT2D eigenvalue weighted by Crippen LogP contribution is -2.36. The molecule has 0 bridgehead atoms. The van der Waals surface area contributed by atoms with Crippen LogP contribution in [0.2, 0.25) is 0 Å². The zero-order valence-electron chi connectivity index (χ0n) is 13.3. The zero-order valence-corrected chi connectivity index (χ0v) is 13.3. The second-order valence-electron chi connectivity index (χ2n) is 6.22. The van der Waals surface area contributed by atoms with E-state index in [2.05, 4.69) is 12.2 Å². The number of fused-ring (bicyclic) bond motifs is 1. The largest absolute Gasteiger partial charge is 0.508 e. The topological polar surface area (TPSA) is 49.3 Å². The van der Waals surface area contributed by atoms with Crippen LogP contribution in [0.25, 0.3) is 0 Å². The summed E-state index contributed by atoms with van der Waals surface area (Å²) < 4.78 is 14.0. The molecule has 120 valence electrons. The fourth-order valence-electron chi connectivity index (χ4n) is 3.28. The Bertz CT molecular complexity index is 757. The van der Waals surface area contributed by atoms with Gasteiger partial charge in [0, 0.05) is 11.1 Å². The Morgan fingerprint density at radius 2 is 2.00 bits per heavy atom. The first-order chi connectivity index (χ1) is 11.0. The number of halogens is 1. The van der Waals surface area contributed by atoms with Crippen LogP contribution in [0.3, 0.4) is 0 Å². The summed E-state index contributed by atoms with van der Waals surface area (Å²) in [7, 11) is 0. The quantitative estimate of drug-likeness (QED) is 0.883. The van der Waals surface area contributed by atoms with E-state index in [1.54, 1.807) is 31.2 Å². The fourth-order valence-corrected chi connectivity index (χ4v) is 3.28. The van der Waals surface area contributed by atoms with E-state index in [0.717, 1.165) is 12.0 Å². The van der Waals surface area contributed by atoms with Crippen molar-refractivity contribution >= 4 is 5.91 Å². The molecular weight excluding hydrogens is 293 g/mol. The Labute approximate surface area is 135 Å². The van der Waals surface area contributed by atoms with Gasteiger partial charge in [-0.1, -0.05) is 25.1 Å². The molecule has 2 atom stereocenters. The molecule has 2 aromatic rings. The van der Waals surface area contributed by atoms with Gasteiger partial charge in [0.25, 0.3) is 5.91 Å². The van der Waals surface area contributed by atoms with Gasteiger partial charge in [0.05, 0.1) is 6.04 Å². The number of aromatic hydroxyl groups is 1. The SMILES string of the molecule is Cc1c(O)cccc1C(=O)NC1c2cccc(F)c2CCC1C. The van der Waals surface area contributed by atoms with Gasteiger partial charge in [0.1, 0.15) is 11.6 Å². The van der Waals surface area contributed by atoms with Gasteiger partial charge in [-0.15, -0.1) is 0 Å². The van der Waals surface area contributed by atoms with Crippen molar-refractivity contribution in [3.05, 3.63) is 64.5 Å². The molecule has 0 radical (unpaired) electrons. The molecule has 3 rings (SSSR count). The van der Waals surface area contributed by atoms with Crippen LogP contribution < -0.4 is 5.32 Å². The van der Waals surface area contributed by atoms with Crippen molar-refractivity contribution < 1.29 is 14.3 Å². The second kappa shape index (κ2) is 6.03. The highest BCUT2D eigenvalue weighted by atomic mass is 19.1. The predicted molar refractivity (Wildman–Crippen MR) is 86.9 cm³/mol. The molecule has 1 aliphatic carbocycles. The molecule has 2 N–H and O–H groups in total. The van der Waals surface area contributed by atoms with E-state index in [4.69, 9.17) is 0 Å². The highest BCUT2D eigenvalue weighted by molar-refractivity contribution is 5.96. The molecule has 0 fully saturated rings. The number of rotatable bonds is 2. The van der Waals surface area contributed by atoms with Gasteiger partial charge in [-0.2, -0.15) is 0 Å². The maximum atomic E-state index is 14.0. The Hall–Kier alpha value is -2.36. The maximum absolute atomic E-state index is 14.0. The van der Waals surface area contributed by atoms with E-state index in [1.807, 2.05) is 6.07 Å². The Balaban J connectivity index is 1.92. The average Bonchev–Trinajstić information content (AvgIpc) is 2.53. The van der Waals surface area contributed by atoms with E-state index < -0.39 is 0 Å². The van der Waals surface area contributed by atoms with Crippen molar-refractivity contribution in [3.8, 4) is 5.75 Å². The molecule has 0 aliphatic heterocycles. The van der Waals surface area contributed by atoms with E-state index in [1.165, 1.54) is 6.07 Å². The number of phenolic OH excluding ortho intramolecular Hbond substituents is 1. The molecule has 1 amide bonds. The summed E-state index contributed by atoms with van der Waals surface area (Å²) in [6.45, 7) is 3.77. The van der Waals surface area contributed by atoms with E-state index in [-0.39, 0.29) is 29.4 Å². The van der Waals surface area contributed by atoms with Crippen molar-refractivity contribution in [2.45, 2.75) is 32.7 Å². The third kappa shape index (κ3) is 2.81. The van der Waals surface area contributed by atoms with Crippen molar-refractivity contribution in [3.63, 3.8) is 0 Å². The van der Waals surface area contributed by atoms with Gasteiger partial charge in [-0.25, -0.2) is 4.39 Å². The molecule has 3 nitrogen and oxygen atoms in total. The fraction of sp³-hybridized carbons (Fsp3) is 0.316. The maximum Gasteiger partial charge on any atom is 0.252 e. The van der Waals surface area contributed by atoms with Gasteiger partial charge in [-0.05, 0) is 55.0 Å². The second-order valence-corrected chi connectivity index (χ2v) is 6.22. The van der Waals surface area contributed by atoms with Crippen molar-refractivity contribution in [1.29, 1.82) is 0 Å². The molecule has 0 saturated carbocycles. The molecule has 1 aliphatic rings. The summed E-state index contributed by atoms with van der Waals surface area (Å²) in [6.07, 6.45) is 1.53. The molecule has 2 unspecified atom stereocenters. The number of amides is 1. The van der Waals surface area contributed by atoms with E-state index in [9.17, 15) is 14.3 Å². The number of benzene rings is 2. The van der Waals surface area contributed by atoms with E-state index >= 15 is 0 Å². The summed E-state index contributed by atoms with van der Waals surface area (Å²) >= 11 is 0. The van der Waals surface area contributed by atoms with Gasteiger partial charge < -0.3 is 10.4 Å². The summed E-state index contributed by atoms with van der Waals surface area (Å²) in [4.78, 5) is 12.6. The smallest absolute Gasteiger partial charge is 0.252 e. The van der Waals surface area contributed by atoms with Gasteiger partial charge in [0.2, 0.25) is 0 Å². The van der Waals surface area contributed by atoms with Crippen LogP contribution in [0, 0.1) is 18.7 Å². The van der Waals surface area contributed by atoms with Crippen LogP contribution in [0.5, 0.6) is 5.75 Å².